The molecule has 0 aliphatic heterocycles. The molecule has 192 valence electrons. The Labute approximate surface area is 217 Å². The summed E-state index contributed by atoms with van der Waals surface area (Å²) >= 11 is 0. The first kappa shape index (κ1) is 27.5. The minimum atomic E-state index is -0.248. The molecule has 0 aromatic heterocycles. The van der Waals surface area contributed by atoms with Crippen molar-refractivity contribution in [3.63, 3.8) is 0 Å². The number of unbranched alkanes of at least 4 members (excludes halogenated alkanes) is 6. The Morgan fingerprint density at radius 1 is 0.694 bits per heavy atom. The number of carbonyl (C=O) groups is 1. The zero-order valence-corrected chi connectivity index (χ0v) is 22.3. The zero-order chi connectivity index (χ0) is 25.6. The lowest BCUT2D eigenvalue weighted by atomic mass is 9.94. The van der Waals surface area contributed by atoms with Crippen molar-refractivity contribution in [2.75, 3.05) is 6.61 Å². The van der Waals surface area contributed by atoms with Gasteiger partial charge in [0.15, 0.2) is 0 Å². The van der Waals surface area contributed by atoms with Gasteiger partial charge in [0, 0.05) is 6.42 Å². The maximum absolute atomic E-state index is 12.2. The second-order valence-corrected chi connectivity index (χ2v) is 9.54. The SMILES string of the molecule is CCCCCCCC(=O)OC(C)c1ccc(-c2ccccc2-c2ccc(OCCCCC)cc2)cc1. The first-order valence-corrected chi connectivity index (χ1v) is 13.7. The van der Waals surface area contributed by atoms with Crippen molar-refractivity contribution in [2.45, 2.75) is 84.7 Å². The van der Waals surface area contributed by atoms with Crippen molar-refractivity contribution in [1.29, 1.82) is 0 Å². The Morgan fingerprint density at radius 2 is 1.25 bits per heavy atom. The Morgan fingerprint density at radius 3 is 1.86 bits per heavy atom. The molecule has 1 atom stereocenters. The Hall–Kier alpha value is -3.07. The normalized spacial score (nSPS) is 11.8. The fourth-order valence-corrected chi connectivity index (χ4v) is 4.39. The number of carbonyl (C=O) groups excluding carboxylic acids is 1. The van der Waals surface area contributed by atoms with Crippen LogP contribution in [-0.2, 0) is 9.53 Å². The zero-order valence-electron chi connectivity index (χ0n) is 22.3. The third kappa shape index (κ3) is 8.55. The van der Waals surface area contributed by atoms with Crippen molar-refractivity contribution in [3.05, 3.63) is 78.4 Å². The highest BCUT2D eigenvalue weighted by molar-refractivity contribution is 5.83. The highest BCUT2D eigenvalue weighted by Crippen LogP contribution is 2.33. The third-order valence-corrected chi connectivity index (χ3v) is 6.59. The van der Waals surface area contributed by atoms with Crippen LogP contribution in [0, 0.1) is 0 Å². The van der Waals surface area contributed by atoms with E-state index in [4.69, 9.17) is 9.47 Å². The lowest BCUT2D eigenvalue weighted by Gasteiger charge is -2.15. The van der Waals surface area contributed by atoms with Gasteiger partial charge in [0.1, 0.15) is 11.9 Å². The molecule has 0 aliphatic carbocycles. The van der Waals surface area contributed by atoms with E-state index in [0.29, 0.717) is 6.42 Å². The summed E-state index contributed by atoms with van der Waals surface area (Å²) in [6, 6.07) is 25.2. The summed E-state index contributed by atoms with van der Waals surface area (Å²) in [7, 11) is 0. The first-order chi connectivity index (χ1) is 17.6. The Balaban J connectivity index is 1.62. The van der Waals surface area contributed by atoms with Gasteiger partial charge in [-0.15, -0.1) is 0 Å². The summed E-state index contributed by atoms with van der Waals surface area (Å²) in [5.74, 6) is 0.812. The summed E-state index contributed by atoms with van der Waals surface area (Å²) in [5.41, 5.74) is 5.68. The van der Waals surface area contributed by atoms with Crippen LogP contribution in [-0.4, -0.2) is 12.6 Å². The number of hydrogen-bond acceptors (Lipinski definition) is 3. The van der Waals surface area contributed by atoms with Crippen LogP contribution in [0.2, 0.25) is 0 Å². The van der Waals surface area contributed by atoms with E-state index in [1.165, 1.54) is 43.2 Å². The highest BCUT2D eigenvalue weighted by Gasteiger charge is 2.13. The average molecular weight is 487 g/mol. The molecule has 3 nitrogen and oxygen atoms in total. The molecule has 3 rings (SSSR count). The van der Waals surface area contributed by atoms with E-state index in [1.54, 1.807) is 0 Å². The lowest BCUT2D eigenvalue weighted by Crippen LogP contribution is -2.08. The predicted octanol–water partition coefficient (Wildman–Crippen LogP) is 9.55. The van der Waals surface area contributed by atoms with Gasteiger partial charge in [-0.25, -0.2) is 0 Å². The van der Waals surface area contributed by atoms with Gasteiger partial charge in [0.2, 0.25) is 0 Å². The van der Waals surface area contributed by atoms with E-state index in [-0.39, 0.29) is 12.1 Å². The predicted molar refractivity (Wildman–Crippen MR) is 150 cm³/mol. The molecular weight excluding hydrogens is 444 g/mol. The van der Waals surface area contributed by atoms with Crippen LogP contribution in [0.5, 0.6) is 5.75 Å². The Kier molecular flexibility index (Phi) is 11.6. The smallest absolute Gasteiger partial charge is 0.306 e. The topological polar surface area (TPSA) is 35.5 Å². The second-order valence-electron chi connectivity index (χ2n) is 9.54. The van der Waals surface area contributed by atoms with Crippen LogP contribution in [0.3, 0.4) is 0 Å². The monoisotopic (exact) mass is 486 g/mol. The molecule has 0 N–H and O–H groups in total. The summed E-state index contributed by atoms with van der Waals surface area (Å²) in [5, 5.41) is 0. The van der Waals surface area contributed by atoms with Gasteiger partial charge < -0.3 is 9.47 Å². The van der Waals surface area contributed by atoms with Crippen LogP contribution in [0.25, 0.3) is 22.3 Å². The maximum Gasteiger partial charge on any atom is 0.306 e. The number of rotatable bonds is 15. The molecule has 0 bridgehead atoms. The molecule has 36 heavy (non-hydrogen) atoms. The molecule has 3 aromatic rings. The summed E-state index contributed by atoms with van der Waals surface area (Å²) in [6.07, 6.45) is 9.39. The van der Waals surface area contributed by atoms with Crippen LogP contribution in [0.1, 0.15) is 90.2 Å². The van der Waals surface area contributed by atoms with Gasteiger partial charge in [-0.05, 0) is 59.7 Å². The third-order valence-electron chi connectivity index (χ3n) is 6.59. The lowest BCUT2D eigenvalue weighted by molar-refractivity contribution is -0.148. The molecule has 0 aliphatic rings. The standard InChI is InChI=1S/C33H42O3/c1-4-6-8-9-10-16-33(34)36-26(3)27-17-19-28(20-18-27)31-14-11-12-15-32(31)29-21-23-30(24-22-29)35-25-13-7-5-2/h11-12,14-15,17-24,26H,4-10,13,16,25H2,1-3H3. The minimum Gasteiger partial charge on any atom is -0.494 e. The molecule has 0 saturated carbocycles. The van der Waals surface area contributed by atoms with Gasteiger partial charge in [-0.2, -0.15) is 0 Å². The second kappa shape index (κ2) is 15.1. The van der Waals surface area contributed by atoms with Crippen molar-refractivity contribution >= 4 is 5.97 Å². The van der Waals surface area contributed by atoms with Gasteiger partial charge >= 0.3 is 5.97 Å². The van der Waals surface area contributed by atoms with Crippen molar-refractivity contribution in [2.24, 2.45) is 0 Å². The maximum atomic E-state index is 12.2. The van der Waals surface area contributed by atoms with E-state index in [9.17, 15) is 4.79 Å². The molecule has 0 amide bonds. The fraction of sp³-hybridized carbons (Fsp3) is 0.424. The van der Waals surface area contributed by atoms with E-state index in [2.05, 4.69) is 86.6 Å². The quantitative estimate of drug-likeness (QED) is 0.158. The van der Waals surface area contributed by atoms with E-state index in [1.807, 2.05) is 6.92 Å². The molecule has 0 heterocycles. The molecular formula is C33H42O3. The summed E-state index contributed by atoms with van der Waals surface area (Å²) in [6.45, 7) is 7.11. The van der Waals surface area contributed by atoms with Crippen molar-refractivity contribution in [3.8, 4) is 28.0 Å². The summed E-state index contributed by atoms with van der Waals surface area (Å²) < 4.78 is 11.6. The molecule has 3 aromatic carbocycles. The summed E-state index contributed by atoms with van der Waals surface area (Å²) in [4.78, 5) is 12.2. The molecule has 3 heteroatoms. The minimum absolute atomic E-state index is 0.105. The molecule has 0 spiro atoms. The van der Waals surface area contributed by atoms with E-state index in [0.717, 1.165) is 48.3 Å². The van der Waals surface area contributed by atoms with Crippen LogP contribution in [0.4, 0.5) is 0 Å². The molecule has 0 saturated heterocycles. The highest BCUT2D eigenvalue weighted by atomic mass is 16.5. The van der Waals surface area contributed by atoms with Gasteiger partial charge in [-0.3, -0.25) is 4.79 Å². The average Bonchev–Trinajstić information content (AvgIpc) is 2.91. The fourth-order valence-electron chi connectivity index (χ4n) is 4.39. The Bertz CT molecular complexity index is 1040. The molecule has 0 radical (unpaired) electrons. The van der Waals surface area contributed by atoms with E-state index >= 15 is 0 Å². The van der Waals surface area contributed by atoms with Crippen molar-refractivity contribution < 1.29 is 14.3 Å². The number of esters is 1. The van der Waals surface area contributed by atoms with Crippen LogP contribution >= 0.6 is 0 Å². The van der Waals surface area contributed by atoms with Crippen LogP contribution < -0.4 is 4.74 Å². The van der Waals surface area contributed by atoms with Crippen molar-refractivity contribution in [1.82, 2.24) is 0 Å². The van der Waals surface area contributed by atoms with Crippen LogP contribution in [0.15, 0.2) is 72.8 Å². The van der Waals surface area contributed by atoms with Gasteiger partial charge in [0.25, 0.3) is 0 Å². The number of benzene rings is 3. The number of hydrogen-bond donors (Lipinski definition) is 0. The van der Waals surface area contributed by atoms with Gasteiger partial charge in [0.05, 0.1) is 6.61 Å². The largest absolute Gasteiger partial charge is 0.494 e. The number of ether oxygens (including phenoxy) is 2. The molecule has 1 unspecified atom stereocenters. The van der Waals surface area contributed by atoms with E-state index < -0.39 is 0 Å². The van der Waals surface area contributed by atoms with Gasteiger partial charge in [-0.1, -0.05) is 113 Å². The first-order valence-electron chi connectivity index (χ1n) is 13.7. The molecule has 0 fully saturated rings.